The molecule has 5 atom stereocenters. The molecule has 0 unspecified atom stereocenters. The number of ether oxygens (including phenoxy) is 2. The van der Waals surface area contributed by atoms with Crippen molar-refractivity contribution in [1.29, 1.82) is 0 Å². The van der Waals surface area contributed by atoms with E-state index in [2.05, 4.69) is 16.4 Å². The first kappa shape index (κ1) is 40.2. The van der Waals surface area contributed by atoms with Crippen LogP contribution in [-0.2, 0) is 35.9 Å². The third kappa shape index (κ3) is 7.60. The Morgan fingerprint density at radius 3 is 2.67 bits per heavy atom. The highest BCUT2D eigenvalue weighted by molar-refractivity contribution is 5.92. The topological polar surface area (TPSA) is 176 Å². The summed E-state index contributed by atoms with van der Waals surface area (Å²) in [6, 6.07) is 24.1. The standard InChI is InChI=1S/C50H52N3O8/c1-60-45-26-32(25-44(58)48(45)59)30-8-13-39-37-14-12-36(54)23-31(37)9-15-40(39)53-46-28-34(18-21-52-46)50(19-2-5-33(50)27-35-6-3-20-51-35)47(43(57)24-30)41(55)16-10-29-11-17-42(56)49-38(29)7-4-22-61-49/h3,6,9,11-12,14-15,17-18,20-21,23,25-26,28,30,33,41,47,54-56,58-59H,2,4-5,7-8,10,13,16,19,22,24,27H2,1H3,(H,52,53)/q-1/t30-,33-,41-,47-,50-/m1/s1. The number of methoxy groups -OCH3 is 1. The van der Waals surface area contributed by atoms with Crippen LogP contribution in [0.4, 0.5) is 11.5 Å². The molecule has 0 amide bonds. The van der Waals surface area contributed by atoms with Gasteiger partial charge in [0.2, 0.25) is 5.75 Å². The minimum Gasteiger partial charge on any atom is -0.668 e. The highest BCUT2D eigenvalue weighted by Gasteiger charge is 2.54. The molecule has 316 valence electrons. The fourth-order valence-corrected chi connectivity index (χ4v) is 10.9. The molecule has 2 aliphatic heterocycles. The molecule has 0 radical (unpaired) electrons. The molecule has 0 saturated heterocycles. The van der Waals surface area contributed by atoms with Gasteiger partial charge in [-0.3, -0.25) is 4.79 Å². The molecule has 6 N–H and O–H groups in total. The molecular weight excluding hydrogens is 771 g/mol. The van der Waals surface area contributed by atoms with E-state index in [1.807, 2.05) is 42.5 Å². The van der Waals surface area contributed by atoms with Crippen molar-refractivity contribution < 1.29 is 39.8 Å². The number of nitrogens with one attached hydrogen (secondary N) is 1. The lowest BCUT2D eigenvalue weighted by atomic mass is 9.58. The molecule has 9 rings (SSSR count). The van der Waals surface area contributed by atoms with Crippen LogP contribution in [0, 0.1) is 11.8 Å². The van der Waals surface area contributed by atoms with Gasteiger partial charge in [-0.1, -0.05) is 36.8 Å². The zero-order valence-corrected chi connectivity index (χ0v) is 34.3. The fourth-order valence-electron chi connectivity index (χ4n) is 10.9. The number of carbonyl (C=O) groups excluding carboxylic acids is 1. The van der Waals surface area contributed by atoms with E-state index in [9.17, 15) is 25.5 Å². The second-order valence-electron chi connectivity index (χ2n) is 17.1. The number of phenols is 4. The van der Waals surface area contributed by atoms with Gasteiger partial charge in [0.05, 0.1) is 25.7 Å². The molecule has 2 bridgehead atoms. The number of nitrogens with zero attached hydrogens (tertiary/aromatic N) is 2. The number of aromatic hydroxyl groups is 4. The first-order valence-electron chi connectivity index (χ1n) is 21.4. The predicted octanol–water partition coefficient (Wildman–Crippen LogP) is 8.67. The number of fused-ring (bicyclic) bond motifs is 7. The van der Waals surface area contributed by atoms with Crippen molar-refractivity contribution >= 4 is 28.1 Å². The Morgan fingerprint density at radius 1 is 0.951 bits per heavy atom. The fraction of sp³-hybridized carbons (Fsp3) is 0.360. The van der Waals surface area contributed by atoms with E-state index in [-0.39, 0.29) is 46.9 Å². The van der Waals surface area contributed by atoms with E-state index in [0.29, 0.717) is 62.3 Å². The Kier molecular flexibility index (Phi) is 11.0. The van der Waals surface area contributed by atoms with Crippen molar-refractivity contribution in [3.8, 4) is 34.5 Å². The Morgan fingerprint density at radius 2 is 1.84 bits per heavy atom. The van der Waals surface area contributed by atoms with Crippen LogP contribution in [0.3, 0.4) is 0 Å². The lowest BCUT2D eigenvalue weighted by Gasteiger charge is -2.45. The van der Waals surface area contributed by atoms with Crippen molar-refractivity contribution in [2.24, 2.45) is 11.8 Å². The van der Waals surface area contributed by atoms with Gasteiger partial charge in [-0.15, -0.1) is 0 Å². The van der Waals surface area contributed by atoms with E-state index >= 15 is 4.79 Å². The van der Waals surface area contributed by atoms with E-state index in [4.69, 9.17) is 14.5 Å². The maximum Gasteiger partial charge on any atom is 0.200 e. The number of carbonyl (C=O) groups is 1. The van der Waals surface area contributed by atoms with Gasteiger partial charge < -0.3 is 45.3 Å². The van der Waals surface area contributed by atoms with Gasteiger partial charge >= 0.3 is 0 Å². The zero-order chi connectivity index (χ0) is 42.3. The van der Waals surface area contributed by atoms with Crippen LogP contribution in [0.25, 0.3) is 10.8 Å². The summed E-state index contributed by atoms with van der Waals surface area (Å²) in [7, 11) is 1.43. The van der Waals surface area contributed by atoms with E-state index in [1.54, 1.807) is 36.7 Å². The molecule has 3 aliphatic rings. The first-order chi connectivity index (χ1) is 29.6. The summed E-state index contributed by atoms with van der Waals surface area (Å²) in [4.78, 5) is 25.3. The van der Waals surface area contributed by atoms with Crippen LogP contribution in [-0.4, -0.2) is 56.1 Å². The minimum absolute atomic E-state index is 0.0404. The summed E-state index contributed by atoms with van der Waals surface area (Å²) in [6.07, 6.45) is 8.91. The number of aliphatic hydroxyl groups is 1. The van der Waals surface area contributed by atoms with Gasteiger partial charge in [0.25, 0.3) is 0 Å². The number of aromatic nitrogens is 2. The average molecular weight is 823 g/mol. The largest absolute Gasteiger partial charge is 0.668 e. The monoisotopic (exact) mass is 822 g/mol. The number of hydrogen-bond acceptors (Lipinski definition) is 10. The highest BCUT2D eigenvalue weighted by Crippen LogP contribution is 2.55. The number of pyridine rings is 1. The Balaban J connectivity index is 1.21. The molecule has 1 aliphatic carbocycles. The molecule has 1 spiro atoms. The van der Waals surface area contributed by atoms with E-state index in [0.717, 1.165) is 70.1 Å². The zero-order valence-electron chi connectivity index (χ0n) is 34.3. The summed E-state index contributed by atoms with van der Waals surface area (Å²) in [5.41, 5.74) is 5.45. The molecule has 1 fully saturated rings. The maximum absolute atomic E-state index is 15.8. The highest BCUT2D eigenvalue weighted by atomic mass is 16.5. The van der Waals surface area contributed by atoms with Gasteiger partial charge in [-0.05, 0) is 151 Å². The molecule has 1 saturated carbocycles. The Bertz CT molecular complexity index is 2570. The Hall–Kier alpha value is -6.20. The number of phenolic OH excluding ortho intramolecular Hbond substituents is 4. The smallest absolute Gasteiger partial charge is 0.200 e. The lowest BCUT2D eigenvalue weighted by Crippen LogP contribution is -2.50. The SMILES string of the molecule is COc1cc([C@@H]2CCc3c(ccc4cc(O)ccc34)Nc3cc(ccn3)[C@]3(CCC[C@@H]3Cc3ccc[n-]3)[C@H]([C@H](O)CCc3ccc(O)c4c3CCCO4)C(=O)C2)cc(O)c1O. The average Bonchev–Trinajstić information content (AvgIpc) is 3.94. The molecule has 2 aromatic heterocycles. The number of aryl methyl sites for hydroxylation is 2. The molecular formula is C50H52N3O8-. The third-order valence-corrected chi connectivity index (χ3v) is 13.7. The lowest BCUT2D eigenvalue weighted by molar-refractivity contribution is -0.132. The number of aliphatic hydroxyl groups excluding tert-OH is 1. The second-order valence-corrected chi connectivity index (χ2v) is 17.1. The van der Waals surface area contributed by atoms with Crippen molar-refractivity contribution in [3.05, 3.63) is 125 Å². The minimum atomic E-state index is -1.05. The van der Waals surface area contributed by atoms with Crippen molar-refractivity contribution in [2.75, 3.05) is 19.0 Å². The number of benzene rings is 4. The molecule has 4 aromatic carbocycles. The maximum atomic E-state index is 15.8. The van der Waals surface area contributed by atoms with Crippen molar-refractivity contribution in [3.63, 3.8) is 0 Å². The summed E-state index contributed by atoms with van der Waals surface area (Å²) in [6.45, 7) is 0.533. The van der Waals surface area contributed by atoms with Gasteiger partial charge in [-0.2, -0.15) is 11.9 Å². The molecule has 11 nitrogen and oxygen atoms in total. The summed E-state index contributed by atoms with van der Waals surface area (Å²) < 4.78 is 11.4. The van der Waals surface area contributed by atoms with E-state index < -0.39 is 23.4 Å². The van der Waals surface area contributed by atoms with E-state index in [1.165, 1.54) is 13.2 Å². The normalized spacial score (nSPS) is 21.9. The van der Waals surface area contributed by atoms with Crippen LogP contribution >= 0.6 is 0 Å². The second kappa shape index (κ2) is 16.7. The quantitative estimate of drug-likeness (QED) is 0.0811. The van der Waals surface area contributed by atoms with Crippen LogP contribution in [0.5, 0.6) is 34.5 Å². The van der Waals surface area contributed by atoms with Gasteiger partial charge in [-0.25, -0.2) is 4.98 Å². The van der Waals surface area contributed by atoms with Crippen molar-refractivity contribution in [1.82, 2.24) is 9.97 Å². The van der Waals surface area contributed by atoms with Gasteiger partial charge in [0.15, 0.2) is 23.0 Å². The van der Waals surface area contributed by atoms with Crippen LogP contribution in [0.1, 0.15) is 84.4 Å². The summed E-state index contributed by atoms with van der Waals surface area (Å²) in [5, 5.41) is 61.0. The van der Waals surface area contributed by atoms with Crippen LogP contribution in [0.15, 0.2) is 91.3 Å². The van der Waals surface area contributed by atoms with Crippen molar-refractivity contribution in [2.45, 2.75) is 88.1 Å². The van der Waals surface area contributed by atoms with Crippen LogP contribution in [0.2, 0.25) is 0 Å². The number of hydrogen-bond donors (Lipinski definition) is 6. The molecule has 61 heavy (non-hydrogen) atoms. The Labute approximate surface area is 355 Å². The predicted molar refractivity (Wildman–Crippen MR) is 232 cm³/mol. The van der Waals surface area contributed by atoms with Gasteiger partial charge in [0, 0.05) is 29.3 Å². The number of anilines is 2. The summed E-state index contributed by atoms with van der Waals surface area (Å²) >= 11 is 0. The third-order valence-electron chi connectivity index (χ3n) is 13.7. The van der Waals surface area contributed by atoms with Gasteiger partial charge in [0.1, 0.15) is 17.4 Å². The number of rotatable bonds is 8. The van der Waals surface area contributed by atoms with Crippen LogP contribution < -0.4 is 19.8 Å². The molecule has 6 aromatic rings. The number of ketones is 1. The first-order valence-corrected chi connectivity index (χ1v) is 21.4. The molecule has 4 heterocycles. The number of Topliss-reactive ketones (excluding diaryl/α,β-unsaturated/α-hetero) is 1. The summed E-state index contributed by atoms with van der Waals surface area (Å²) in [5.74, 6) is -0.655. The molecule has 11 heteroatoms.